The predicted octanol–water partition coefficient (Wildman–Crippen LogP) is 2.25. The van der Waals surface area contributed by atoms with Crippen LogP contribution in [-0.2, 0) is 4.79 Å². The second-order valence-corrected chi connectivity index (χ2v) is 4.69. The number of nitrogens with zero attached hydrogens (tertiary/aromatic N) is 1. The third kappa shape index (κ3) is 4.90. The summed E-state index contributed by atoms with van der Waals surface area (Å²) in [6, 6.07) is 6.33. The molecule has 0 heterocycles. The van der Waals surface area contributed by atoms with Gasteiger partial charge in [-0.05, 0) is 25.0 Å². The molecule has 0 aliphatic heterocycles. The minimum atomic E-state index is -0.447. The zero-order chi connectivity index (χ0) is 15.0. The number of hydrogen-bond donors (Lipinski definition) is 2. The van der Waals surface area contributed by atoms with E-state index in [1.807, 2.05) is 18.7 Å². The summed E-state index contributed by atoms with van der Waals surface area (Å²) >= 11 is 0. The van der Waals surface area contributed by atoms with Crippen molar-refractivity contribution in [2.24, 2.45) is 0 Å². The van der Waals surface area contributed by atoms with Gasteiger partial charge in [-0.3, -0.25) is 9.69 Å². The number of aliphatic hydroxyl groups excluding tert-OH is 1. The zero-order valence-corrected chi connectivity index (χ0v) is 12.1. The molecule has 0 radical (unpaired) electrons. The van der Waals surface area contributed by atoms with Crippen LogP contribution in [0.2, 0.25) is 0 Å². The molecule has 0 aliphatic carbocycles. The number of nitrogens with one attached hydrogen (secondary N) is 1. The van der Waals surface area contributed by atoms with Crippen molar-refractivity contribution in [3.63, 3.8) is 0 Å². The number of halogens is 1. The number of rotatable bonds is 8. The summed E-state index contributed by atoms with van der Waals surface area (Å²) in [6.07, 6.45) is 1.81. The molecule has 0 saturated carbocycles. The highest BCUT2D eigenvalue weighted by Gasteiger charge is 2.18. The van der Waals surface area contributed by atoms with Crippen LogP contribution in [-0.4, -0.2) is 41.7 Å². The lowest BCUT2D eigenvalue weighted by atomic mass is 10.1. The molecule has 5 heteroatoms. The van der Waals surface area contributed by atoms with Crippen LogP contribution in [0.15, 0.2) is 24.3 Å². The van der Waals surface area contributed by atoms with Gasteiger partial charge in [-0.2, -0.15) is 0 Å². The summed E-state index contributed by atoms with van der Waals surface area (Å²) in [6.45, 7) is 4.70. The van der Waals surface area contributed by atoms with Crippen molar-refractivity contribution in [2.45, 2.75) is 32.7 Å². The van der Waals surface area contributed by atoms with E-state index in [0.717, 1.165) is 12.8 Å². The van der Waals surface area contributed by atoms with Crippen molar-refractivity contribution in [1.29, 1.82) is 0 Å². The van der Waals surface area contributed by atoms with Crippen molar-refractivity contribution in [2.75, 3.05) is 25.0 Å². The fourth-order valence-electron chi connectivity index (χ4n) is 2.26. The van der Waals surface area contributed by atoms with Crippen LogP contribution in [0.4, 0.5) is 10.1 Å². The Balaban J connectivity index is 2.64. The van der Waals surface area contributed by atoms with Gasteiger partial charge in [0.1, 0.15) is 5.82 Å². The van der Waals surface area contributed by atoms with Gasteiger partial charge < -0.3 is 10.4 Å². The van der Waals surface area contributed by atoms with E-state index in [9.17, 15) is 9.18 Å². The molecule has 1 amide bonds. The molecule has 1 aromatic carbocycles. The Kier molecular flexibility index (Phi) is 7.18. The summed E-state index contributed by atoms with van der Waals surface area (Å²) in [5.74, 6) is -0.715. The van der Waals surface area contributed by atoms with Gasteiger partial charge in [0.15, 0.2) is 0 Å². The third-order valence-electron chi connectivity index (χ3n) is 3.34. The van der Waals surface area contributed by atoms with Crippen molar-refractivity contribution >= 4 is 11.6 Å². The van der Waals surface area contributed by atoms with E-state index in [2.05, 4.69) is 5.32 Å². The van der Waals surface area contributed by atoms with Gasteiger partial charge in [0.25, 0.3) is 0 Å². The molecule has 0 aliphatic rings. The first-order valence-corrected chi connectivity index (χ1v) is 7.01. The fourth-order valence-corrected chi connectivity index (χ4v) is 2.26. The molecular weight excluding hydrogens is 259 g/mol. The van der Waals surface area contributed by atoms with E-state index in [4.69, 9.17) is 5.11 Å². The number of anilines is 1. The topological polar surface area (TPSA) is 52.6 Å². The number of hydrogen-bond acceptors (Lipinski definition) is 3. The molecule has 112 valence electrons. The summed E-state index contributed by atoms with van der Waals surface area (Å²) in [5.41, 5.74) is 0.186. The lowest BCUT2D eigenvalue weighted by molar-refractivity contribution is -0.118. The molecule has 0 aromatic heterocycles. The van der Waals surface area contributed by atoms with Gasteiger partial charge in [-0.1, -0.05) is 26.0 Å². The smallest absolute Gasteiger partial charge is 0.238 e. The Morgan fingerprint density at radius 3 is 2.55 bits per heavy atom. The molecule has 4 nitrogen and oxygen atoms in total. The van der Waals surface area contributed by atoms with Crippen molar-refractivity contribution in [3.8, 4) is 0 Å². The normalized spacial score (nSPS) is 11.1. The van der Waals surface area contributed by atoms with E-state index in [0.29, 0.717) is 6.54 Å². The van der Waals surface area contributed by atoms with Gasteiger partial charge in [0.05, 0.1) is 18.8 Å². The Hall–Kier alpha value is -1.46. The zero-order valence-electron chi connectivity index (χ0n) is 12.1. The number of carbonyl (C=O) groups is 1. The largest absolute Gasteiger partial charge is 0.395 e. The SMILES string of the molecule is CCC(CC)N(CCO)CC(=O)Nc1ccccc1F. The van der Waals surface area contributed by atoms with Gasteiger partial charge in [0, 0.05) is 12.6 Å². The van der Waals surface area contributed by atoms with Gasteiger partial charge in [-0.15, -0.1) is 0 Å². The maximum Gasteiger partial charge on any atom is 0.238 e. The molecule has 0 atom stereocenters. The minimum Gasteiger partial charge on any atom is -0.395 e. The highest BCUT2D eigenvalue weighted by molar-refractivity contribution is 5.92. The fraction of sp³-hybridized carbons (Fsp3) is 0.533. The van der Waals surface area contributed by atoms with Crippen LogP contribution < -0.4 is 5.32 Å². The average molecular weight is 282 g/mol. The minimum absolute atomic E-state index is 0.00345. The number of benzene rings is 1. The Morgan fingerprint density at radius 2 is 2.00 bits per heavy atom. The van der Waals surface area contributed by atoms with Crippen LogP contribution in [0, 0.1) is 5.82 Å². The second kappa shape index (κ2) is 8.66. The maximum absolute atomic E-state index is 13.5. The molecule has 0 spiro atoms. The van der Waals surface area contributed by atoms with Crippen molar-refractivity contribution in [1.82, 2.24) is 4.90 Å². The molecule has 0 saturated heterocycles. The number of amides is 1. The molecule has 20 heavy (non-hydrogen) atoms. The number of aliphatic hydroxyl groups is 1. The summed E-state index contributed by atoms with van der Waals surface area (Å²) in [5, 5.41) is 11.7. The van der Waals surface area contributed by atoms with E-state index in [1.54, 1.807) is 12.1 Å². The maximum atomic E-state index is 13.5. The monoisotopic (exact) mass is 282 g/mol. The lowest BCUT2D eigenvalue weighted by Gasteiger charge is -2.29. The van der Waals surface area contributed by atoms with Gasteiger partial charge >= 0.3 is 0 Å². The third-order valence-corrected chi connectivity index (χ3v) is 3.34. The Morgan fingerprint density at radius 1 is 1.35 bits per heavy atom. The van der Waals surface area contributed by atoms with Crippen LogP contribution in [0.25, 0.3) is 0 Å². The predicted molar refractivity (Wildman–Crippen MR) is 78.1 cm³/mol. The molecule has 0 bridgehead atoms. The van der Waals surface area contributed by atoms with E-state index in [1.165, 1.54) is 12.1 Å². The summed E-state index contributed by atoms with van der Waals surface area (Å²) < 4.78 is 13.5. The van der Waals surface area contributed by atoms with E-state index < -0.39 is 5.82 Å². The quantitative estimate of drug-likeness (QED) is 0.769. The first-order valence-electron chi connectivity index (χ1n) is 7.01. The summed E-state index contributed by atoms with van der Waals surface area (Å²) in [4.78, 5) is 13.9. The second-order valence-electron chi connectivity index (χ2n) is 4.69. The van der Waals surface area contributed by atoms with Gasteiger partial charge in [-0.25, -0.2) is 4.39 Å². The number of para-hydroxylation sites is 1. The standard InChI is InChI=1S/C15H23FN2O2/c1-3-12(4-2)18(9-10-19)11-15(20)17-14-8-6-5-7-13(14)16/h5-8,12,19H,3-4,9-11H2,1-2H3,(H,17,20). The van der Waals surface area contributed by atoms with Crippen LogP contribution in [0.5, 0.6) is 0 Å². The van der Waals surface area contributed by atoms with E-state index in [-0.39, 0.29) is 30.8 Å². The Bertz CT molecular complexity index is 422. The van der Waals surface area contributed by atoms with E-state index >= 15 is 0 Å². The molecule has 0 unspecified atom stereocenters. The van der Waals surface area contributed by atoms with Crippen LogP contribution in [0.3, 0.4) is 0 Å². The highest BCUT2D eigenvalue weighted by Crippen LogP contribution is 2.13. The molecule has 1 rings (SSSR count). The summed E-state index contributed by atoms with van der Waals surface area (Å²) in [7, 11) is 0. The Labute approximate surface area is 119 Å². The molecule has 1 aromatic rings. The van der Waals surface area contributed by atoms with Crippen molar-refractivity contribution in [3.05, 3.63) is 30.1 Å². The first kappa shape index (κ1) is 16.6. The first-order chi connectivity index (χ1) is 9.62. The molecule has 0 fully saturated rings. The van der Waals surface area contributed by atoms with Gasteiger partial charge in [0.2, 0.25) is 5.91 Å². The molecule has 2 N–H and O–H groups in total. The molecular formula is C15H23FN2O2. The van der Waals surface area contributed by atoms with Crippen LogP contribution in [0.1, 0.15) is 26.7 Å². The highest BCUT2D eigenvalue weighted by atomic mass is 19.1. The average Bonchev–Trinajstić information content (AvgIpc) is 2.43. The van der Waals surface area contributed by atoms with Crippen LogP contribution >= 0.6 is 0 Å². The lowest BCUT2D eigenvalue weighted by Crippen LogP contribution is -2.42. The number of carbonyl (C=O) groups excluding carboxylic acids is 1. The van der Waals surface area contributed by atoms with Crippen molar-refractivity contribution < 1.29 is 14.3 Å².